The second kappa shape index (κ2) is 7.15. The summed E-state index contributed by atoms with van der Waals surface area (Å²) in [4.78, 5) is 16.2. The Labute approximate surface area is 153 Å². The lowest BCUT2D eigenvalue weighted by molar-refractivity contribution is -0.137. The molecule has 3 rings (SSSR count). The predicted molar refractivity (Wildman–Crippen MR) is 93.1 cm³/mol. The Morgan fingerprint density at radius 2 is 1.96 bits per heavy atom. The summed E-state index contributed by atoms with van der Waals surface area (Å²) in [7, 11) is 0. The second-order valence-corrected chi connectivity index (χ2v) is 6.64. The monoisotopic (exact) mass is 383 g/mol. The quantitative estimate of drug-likeness (QED) is 0.741. The van der Waals surface area contributed by atoms with Crippen LogP contribution in [-0.4, -0.2) is 24.0 Å². The number of carbonyl (C=O) groups is 1. The first-order valence-corrected chi connectivity index (χ1v) is 8.50. The fourth-order valence-electron chi connectivity index (χ4n) is 2.76. The molecule has 26 heavy (non-hydrogen) atoms. The molecule has 1 heterocycles. The van der Waals surface area contributed by atoms with Gasteiger partial charge in [0.15, 0.2) is 0 Å². The van der Waals surface area contributed by atoms with Crippen LogP contribution in [0.1, 0.15) is 24.0 Å². The summed E-state index contributed by atoms with van der Waals surface area (Å²) in [5.74, 6) is 0.255. The highest BCUT2D eigenvalue weighted by molar-refractivity contribution is 6.30. The molecule has 8 heteroatoms. The van der Waals surface area contributed by atoms with E-state index in [-0.39, 0.29) is 5.91 Å². The number of pyridine rings is 1. The zero-order valence-electron chi connectivity index (χ0n) is 13.7. The van der Waals surface area contributed by atoms with Crippen LogP contribution >= 0.6 is 11.6 Å². The third-order valence-corrected chi connectivity index (χ3v) is 4.60. The molecule has 0 bridgehead atoms. The number of halogens is 4. The third-order valence-electron chi connectivity index (χ3n) is 4.37. The van der Waals surface area contributed by atoms with Crippen molar-refractivity contribution in [1.82, 2.24) is 10.3 Å². The van der Waals surface area contributed by atoms with Gasteiger partial charge in [-0.15, -0.1) is 0 Å². The van der Waals surface area contributed by atoms with Gasteiger partial charge in [0.25, 0.3) is 0 Å². The number of amides is 1. The van der Waals surface area contributed by atoms with Gasteiger partial charge in [0.2, 0.25) is 5.91 Å². The summed E-state index contributed by atoms with van der Waals surface area (Å²) in [5.41, 5.74) is -0.411. The van der Waals surface area contributed by atoms with Crippen molar-refractivity contribution in [2.24, 2.45) is 0 Å². The summed E-state index contributed by atoms with van der Waals surface area (Å²) < 4.78 is 37.4. The van der Waals surface area contributed by atoms with Crippen LogP contribution in [0.15, 0.2) is 42.6 Å². The molecule has 0 radical (unpaired) electrons. The standard InChI is InChI=1S/C18H17ClF3N3O/c19-14-3-1-2-12(10-14)17(6-7-17)16(26)24-9-8-23-15-5-4-13(11-25-15)18(20,21)22/h1-5,10-11H,6-9H2,(H,23,25)(H,24,26). The zero-order valence-corrected chi connectivity index (χ0v) is 14.5. The number of nitrogens with zero attached hydrogens (tertiary/aromatic N) is 1. The SMILES string of the molecule is O=C(NCCNc1ccc(C(F)(F)F)cn1)C1(c2cccc(Cl)c2)CC1. The molecular weight excluding hydrogens is 367 g/mol. The number of anilines is 1. The maximum absolute atomic E-state index is 12.5. The fraction of sp³-hybridized carbons (Fsp3) is 0.333. The summed E-state index contributed by atoms with van der Waals surface area (Å²) >= 11 is 6.00. The van der Waals surface area contributed by atoms with E-state index >= 15 is 0 Å². The van der Waals surface area contributed by atoms with E-state index in [0.29, 0.717) is 23.9 Å². The molecule has 4 nitrogen and oxygen atoms in total. The van der Waals surface area contributed by atoms with E-state index in [4.69, 9.17) is 11.6 Å². The Morgan fingerprint density at radius 3 is 2.54 bits per heavy atom. The Morgan fingerprint density at radius 1 is 1.19 bits per heavy atom. The van der Waals surface area contributed by atoms with Crippen LogP contribution in [0.2, 0.25) is 5.02 Å². The highest BCUT2D eigenvalue weighted by atomic mass is 35.5. The van der Waals surface area contributed by atoms with Crippen molar-refractivity contribution in [2.75, 3.05) is 18.4 Å². The van der Waals surface area contributed by atoms with Crippen LogP contribution in [0.4, 0.5) is 19.0 Å². The largest absolute Gasteiger partial charge is 0.417 e. The highest BCUT2D eigenvalue weighted by Gasteiger charge is 2.51. The normalized spacial score (nSPS) is 15.4. The molecule has 0 saturated heterocycles. The van der Waals surface area contributed by atoms with Gasteiger partial charge in [-0.05, 0) is 42.7 Å². The van der Waals surface area contributed by atoms with Gasteiger partial charge in [-0.3, -0.25) is 4.79 Å². The molecule has 1 aromatic heterocycles. The lowest BCUT2D eigenvalue weighted by atomic mass is 9.95. The number of rotatable bonds is 6. The van der Waals surface area contributed by atoms with Gasteiger partial charge in [-0.1, -0.05) is 23.7 Å². The van der Waals surface area contributed by atoms with E-state index in [1.165, 1.54) is 6.07 Å². The molecule has 0 aliphatic heterocycles. The first kappa shape index (κ1) is 18.5. The topological polar surface area (TPSA) is 54.0 Å². The predicted octanol–water partition coefficient (Wildman–Crippen LogP) is 4.01. The number of hydrogen-bond donors (Lipinski definition) is 2. The maximum atomic E-state index is 12.5. The average Bonchev–Trinajstić information content (AvgIpc) is 3.40. The van der Waals surface area contributed by atoms with Crippen LogP contribution in [-0.2, 0) is 16.4 Å². The summed E-state index contributed by atoms with van der Waals surface area (Å²) in [5, 5.41) is 6.34. The van der Waals surface area contributed by atoms with Crippen LogP contribution in [0.5, 0.6) is 0 Å². The Bertz CT molecular complexity index is 789. The van der Waals surface area contributed by atoms with Gasteiger partial charge in [-0.25, -0.2) is 4.98 Å². The Kier molecular flexibility index (Phi) is 5.09. The lowest BCUT2D eigenvalue weighted by Crippen LogP contribution is -2.37. The first-order chi connectivity index (χ1) is 12.3. The fourth-order valence-corrected chi connectivity index (χ4v) is 2.95. The van der Waals surface area contributed by atoms with Gasteiger partial charge < -0.3 is 10.6 Å². The molecule has 1 aliphatic carbocycles. The van der Waals surface area contributed by atoms with Crippen molar-refractivity contribution in [3.05, 3.63) is 58.7 Å². The van der Waals surface area contributed by atoms with E-state index in [0.717, 1.165) is 30.7 Å². The van der Waals surface area contributed by atoms with E-state index < -0.39 is 17.2 Å². The average molecular weight is 384 g/mol. The minimum absolute atomic E-state index is 0.0676. The van der Waals surface area contributed by atoms with Crippen molar-refractivity contribution in [1.29, 1.82) is 0 Å². The molecule has 2 N–H and O–H groups in total. The van der Waals surface area contributed by atoms with Crippen LogP contribution in [0, 0.1) is 0 Å². The Hall–Kier alpha value is -2.28. The molecule has 0 unspecified atom stereocenters. The van der Waals surface area contributed by atoms with E-state index in [1.807, 2.05) is 12.1 Å². The van der Waals surface area contributed by atoms with Gasteiger partial charge in [0, 0.05) is 24.3 Å². The number of carbonyl (C=O) groups excluding carboxylic acids is 1. The number of aromatic nitrogens is 1. The van der Waals surface area contributed by atoms with Crippen molar-refractivity contribution in [3.63, 3.8) is 0 Å². The molecule has 2 aromatic rings. The smallest absolute Gasteiger partial charge is 0.368 e. The van der Waals surface area contributed by atoms with Crippen LogP contribution in [0.25, 0.3) is 0 Å². The maximum Gasteiger partial charge on any atom is 0.417 e. The number of nitrogens with one attached hydrogen (secondary N) is 2. The number of hydrogen-bond acceptors (Lipinski definition) is 3. The minimum Gasteiger partial charge on any atom is -0.368 e. The summed E-state index contributed by atoms with van der Waals surface area (Å²) in [6.07, 6.45) is -2.09. The molecule has 1 aliphatic rings. The molecule has 1 aromatic carbocycles. The molecule has 1 amide bonds. The lowest BCUT2D eigenvalue weighted by Gasteiger charge is -2.16. The third kappa shape index (κ3) is 4.09. The summed E-state index contributed by atoms with van der Waals surface area (Å²) in [6.45, 7) is 0.694. The highest BCUT2D eigenvalue weighted by Crippen LogP contribution is 2.48. The van der Waals surface area contributed by atoms with E-state index in [1.54, 1.807) is 12.1 Å². The van der Waals surface area contributed by atoms with Gasteiger partial charge in [0.05, 0.1) is 11.0 Å². The van der Waals surface area contributed by atoms with E-state index in [2.05, 4.69) is 15.6 Å². The van der Waals surface area contributed by atoms with Crippen LogP contribution < -0.4 is 10.6 Å². The molecule has 0 atom stereocenters. The molecule has 0 spiro atoms. The number of alkyl halides is 3. The second-order valence-electron chi connectivity index (χ2n) is 6.21. The van der Waals surface area contributed by atoms with Crippen molar-refractivity contribution in [2.45, 2.75) is 24.4 Å². The molecule has 1 saturated carbocycles. The number of benzene rings is 1. The van der Waals surface area contributed by atoms with Gasteiger partial charge >= 0.3 is 6.18 Å². The van der Waals surface area contributed by atoms with Crippen molar-refractivity contribution >= 4 is 23.3 Å². The first-order valence-electron chi connectivity index (χ1n) is 8.13. The molecule has 138 valence electrons. The zero-order chi connectivity index (χ0) is 18.8. The minimum atomic E-state index is -4.40. The van der Waals surface area contributed by atoms with Crippen molar-refractivity contribution in [3.8, 4) is 0 Å². The van der Waals surface area contributed by atoms with Crippen LogP contribution in [0.3, 0.4) is 0 Å². The molecular formula is C18H17ClF3N3O. The Balaban J connectivity index is 1.49. The van der Waals surface area contributed by atoms with Crippen molar-refractivity contribution < 1.29 is 18.0 Å². The van der Waals surface area contributed by atoms with Gasteiger partial charge in [0.1, 0.15) is 5.82 Å². The van der Waals surface area contributed by atoms with E-state index in [9.17, 15) is 18.0 Å². The van der Waals surface area contributed by atoms with Gasteiger partial charge in [-0.2, -0.15) is 13.2 Å². The molecule has 1 fully saturated rings. The summed E-state index contributed by atoms with van der Waals surface area (Å²) in [6, 6.07) is 9.51.